The number of esters is 1. The van der Waals surface area contributed by atoms with Gasteiger partial charge in [-0.05, 0) is 43.4 Å². The van der Waals surface area contributed by atoms with Crippen LogP contribution in [0.4, 0.5) is 9.39 Å². The zero-order valence-electron chi connectivity index (χ0n) is 14.7. The summed E-state index contributed by atoms with van der Waals surface area (Å²) in [5, 5.41) is 3.01. The third kappa shape index (κ3) is 4.16. The van der Waals surface area contributed by atoms with E-state index in [0.717, 1.165) is 29.7 Å². The highest BCUT2D eigenvalue weighted by molar-refractivity contribution is 7.17. The average molecular weight is 390 g/mol. The van der Waals surface area contributed by atoms with Crippen LogP contribution in [0, 0.1) is 5.82 Å². The van der Waals surface area contributed by atoms with E-state index in [4.69, 9.17) is 10.5 Å². The van der Waals surface area contributed by atoms with Crippen LogP contribution in [-0.4, -0.2) is 23.9 Å². The molecule has 1 atom stereocenters. The second kappa shape index (κ2) is 7.87. The van der Waals surface area contributed by atoms with Crippen LogP contribution in [0.3, 0.4) is 0 Å². The number of benzene rings is 1. The number of hydrogen-bond donors (Lipinski definition) is 2. The highest BCUT2D eigenvalue weighted by Gasteiger charge is 2.28. The lowest BCUT2D eigenvalue weighted by Crippen LogP contribution is -2.31. The van der Waals surface area contributed by atoms with Crippen LogP contribution < -0.4 is 11.1 Å². The fourth-order valence-electron chi connectivity index (χ4n) is 3.06. The van der Waals surface area contributed by atoms with Gasteiger partial charge in [0, 0.05) is 4.88 Å². The number of nitrogens with two attached hydrogens (primary N) is 1. The van der Waals surface area contributed by atoms with E-state index in [-0.39, 0.29) is 12.0 Å². The summed E-state index contributed by atoms with van der Waals surface area (Å²) in [6.07, 6.45) is 1.20. The quantitative estimate of drug-likeness (QED) is 0.741. The van der Waals surface area contributed by atoms with Crippen LogP contribution in [0.15, 0.2) is 24.3 Å². The molecule has 142 valence electrons. The van der Waals surface area contributed by atoms with Crippen molar-refractivity contribution in [2.45, 2.75) is 38.7 Å². The fraction of sp³-hybridized carbons (Fsp3) is 0.316. The fourth-order valence-corrected chi connectivity index (χ4v) is 4.35. The van der Waals surface area contributed by atoms with Gasteiger partial charge in [-0.25, -0.2) is 4.39 Å². The smallest absolute Gasteiger partial charge is 0.311 e. The third-order valence-electron chi connectivity index (χ3n) is 4.37. The number of anilines is 1. The first kappa shape index (κ1) is 19.0. The van der Waals surface area contributed by atoms with E-state index >= 15 is 0 Å². The Morgan fingerprint density at radius 2 is 2.04 bits per heavy atom. The van der Waals surface area contributed by atoms with Crippen molar-refractivity contribution in [2.24, 2.45) is 5.73 Å². The maximum absolute atomic E-state index is 13.6. The first-order chi connectivity index (χ1) is 12.9. The van der Waals surface area contributed by atoms with Gasteiger partial charge in [-0.2, -0.15) is 0 Å². The maximum atomic E-state index is 13.6. The molecule has 0 aliphatic heterocycles. The van der Waals surface area contributed by atoms with E-state index in [1.807, 2.05) is 0 Å². The number of carbonyl (C=O) groups is 3. The Labute approximate surface area is 159 Å². The lowest BCUT2D eigenvalue weighted by molar-refractivity contribution is -0.152. The van der Waals surface area contributed by atoms with Crippen LogP contribution in [0.5, 0.6) is 0 Å². The van der Waals surface area contributed by atoms with Gasteiger partial charge in [-0.15, -0.1) is 11.3 Å². The Morgan fingerprint density at radius 3 is 2.74 bits per heavy atom. The van der Waals surface area contributed by atoms with Gasteiger partial charge in [0.1, 0.15) is 10.8 Å². The van der Waals surface area contributed by atoms with Crippen molar-refractivity contribution in [3.05, 3.63) is 51.7 Å². The highest BCUT2D eigenvalue weighted by Crippen LogP contribution is 2.38. The average Bonchev–Trinajstić information content (AvgIpc) is 3.16. The minimum absolute atomic E-state index is 0.195. The summed E-state index contributed by atoms with van der Waals surface area (Å²) in [5.41, 5.74) is 6.89. The third-order valence-corrected chi connectivity index (χ3v) is 5.58. The molecule has 0 bridgehead atoms. The second-order valence-corrected chi connectivity index (χ2v) is 7.42. The number of rotatable bonds is 6. The normalized spacial score (nSPS) is 13.7. The standard InChI is InChI=1S/C19H19FN2O4S/c1-10(26-15(23)9-11-5-2-3-7-13(11)20)18(25)22-19-16(17(21)24)12-6-4-8-14(12)27-19/h2-3,5,7,10H,4,6,8-9H2,1H3,(H2,21,24)(H,22,25)/t10-/m0/s1. The van der Waals surface area contributed by atoms with Crippen molar-refractivity contribution < 1.29 is 23.5 Å². The van der Waals surface area contributed by atoms with Gasteiger partial charge >= 0.3 is 5.97 Å². The van der Waals surface area contributed by atoms with Gasteiger partial charge in [0.05, 0.1) is 12.0 Å². The molecule has 0 fully saturated rings. The number of primary amides is 1. The van der Waals surface area contributed by atoms with E-state index in [2.05, 4.69) is 5.32 Å². The molecule has 0 radical (unpaired) electrons. The number of halogens is 1. The number of hydrogen-bond acceptors (Lipinski definition) is 5. The number of fused-ring (bicyclic) bond motifs is 1. The molecule has 0 unspecified atom stereocenters. The molecule has 0 spiro atoms. The van der Waals surface area contributed by atoms with Crippen molar-refractivity contribution in [3.8, 4) is 0 Å². The van der Waals surface area contributed by atoms with Gasteiger partial charge in [-0.1, -0.05) is 18.2 Å². The van der Waals surface area contributed by atoms with Crippen molar-refractivity contribution in [1.82, 2.24) is 0 Å². The van der Waals surface area contributed by atoms with Crippen LogP contribution in [0.25, 0.3) is 0 Å². The number of ether oxygens (including phenoxy) is 1. The van der Waals surface area contributed by atoms with E-state index in [1.54, 1.807) is 6.07 Å². The SMILES string of the molecule is C[C@H](OC(=O)Cc1ccccc1F)C(=O)Nc1sc2c(c1C(N)=O)CCC2. The zero-order valence-corrected chi connectivity index (χ0v) is 15.5. The number of amides is 2. The van der Waals surface area contributed by atoms with E-state index in [0.29, 0.717) is 10.6 Å². The summed E-state index contributed by atoms with van der Waals surface area (Å²) in [5.74, 6) is -2.38. The summed E-state index contributed by atoms with van der Waals surface area (Å²) in [6, 6.07) is 5.87. The molecule has 27 heavy (non-hydrogen) atoms. The molecule has 3 N–H and O–H groups in total. The van der Waals surface area contributed by atoms with Crippen molar-refractivity contribution >= 4 is 34.1 Å². The van der Waals surface area contributed by atoms with Crippen LogP contribution in [0.2, 0.25) is 0 Å². The molecule has 2 amide bonds. The summed E-state index contributed by atoms with van der Waals surface area (Å²) >= 11 is 1.32. The Hall–Kier alpha value is -2.74. The molecule has 2 aromatic rings. The molecule has 6 nitrogen and oxygen atoms in total. The first-order valence-corrected chi connectivity index (χ1v) is 9.36. The van der Waals surface area contributed by atoms with Gasteiger partial charge < -0.3 is 15.8 Å². The molecule has 1 aromatic heterocycles. The van der Waals surface area contributed by atoms with Gasteiger partial charge in [0.2, 0.25) is 0 Å². The van der Waals surface area contributed by atoms with Crippen molar-refractivity contribution in [2.75, 3.05) is 5.32 Å². The summed E-state index contributed by atoms with van der Waals surface area (Å²) in [7, 11) is 0. The van der Waals surface area contributed by atoms with Gasteiger partial charge in [0.15, 0.2) is 6.10 Å². The topological polar surface area (TPSA) is 98.5 Å². The highest BCUT2D eigenvalue weighted by atomic mass is 32.1. The molecule has 0 saturated heterocycles. The number of aryl methyl sites for hydroxylation is 1. The Bertz CT molecular complexity index is 909. The first-order valence-electron chi connectivity index (χ1n) is 8.55. The van der Waals surface area contributed by atoms with Crippen LogP contribution >= 0.6 is 11.3 Å². The van der Waals surface area contributed by atoms with Crippen LogP contribution in [-0.2, 0) is 33.6 Å². The summed E-state index contributed by atoms with van der Waals surface area (Å²) in [6.45, 7) is 1.42. The number of carbonyl (C=O) groups excluding carboxylic acids is 3. The Kier molecular flexibility index (Phi) is 5.55. The molecule has 3 rings (SSSR count). The molecular weight excluding hydrogens is 371 g/mol. The molecular formula is C19H19FN2O4S. The predicted octanol–water partition coefficient (Wildman–Crippen LogP) is 2.59. The lowest BCUT2D eigenvalue weighted by Gasteiger charge is -2.14. The predicted molar refractivity (Wildman–Crippen MR) is 99.1 cm³/mol. The minimum Gasteiger partial charge on any atom is -0.452 e. The van der Waals surface area contributed by atoms with Crippen molar-refractivity contribution in [1.29, 1.82) is 0 Å². The van der Waals surface area contributed by atoms with E-state index in [9.17, 15) is 18.8 Å². The maximum Gasteiger partial charge on any atom is 0.311 e. The zero-order chi connectivity index (χ0) is 19.6. The molecule has 0 saturated carbocycles. The lowest BCUT2D eigenvalue weighted by atomic mass is 10.1. The van der Waals surface area contributed by atoms with Gasteiger partial charge in [-0.3, -0.25) is 14.4 Å². The van der Waals surface area contributed by atoms with Gasteiger partial charge in [0.25, 0.3) is 11.8 Å². The van der Waals surface area contributed by atoms with E-state index < -0.39 is 29.7 Å². The summed E-state index contributed by atoms with van der Waals surface area (Å²) < 4.78 is 18.7. The molecule has 1 heterocycles. The largest absolute Gasteiger partial charge is 0.452 e. The summed E-state index contributed by atoms with van der Waals surface area (Å²) in [4.78, 5) is 37.1. The molecule has 8 heteroatoms. The monoisotopic (exact) mass is 390 g/mol. The number of thiophene rings is 1. The van der Waals surface area contributed by atoms with Crippen molar-refractivity contribution in [3.63, 3.8) is 0 Å². The number of nitrogens with one attached hydrogen (secondary N) is 1. The minimum atomic E-state index is -1.10. The Balaban J connectivity index is 1.64. The van der Waals surface area contributed by atoms with E-state index in [1.165, 1.54) is 36.5 Å². The van der Waals surface area contributed by atoms with Crippen LogP contribution in [0.1, 0.15) is 39.7 Å². The Morgan fingerprint density at radius 1 is 1.30 bits per heavy atom. The molecule has 1 aliphatic rings. The molecule has 1 aromatic carbocycles. The second-order valence-electron chi connectivity index (χ2n) is 6.32. The molecule has 1 aliphatic carbocycles.